The summed E-state index contributed by atoms with van der Waals surface area (Å²) in [7, 11) is 0. The van der Waals surface area contributed by atoms with E-state index in [1.54, 1.807) is 6.07 Å². The molecule has 2 aliphatic heterocycles. The van der Waals surface area contributed by atoms with Gasteiger partial charge in [-0.3, -0.25) is 4.79 Å². The molecule has 0 aliphatic carbocycles. The van der Waals surface area contributed by atoms with Crippen molar-refractivity contribution in [2.24, 2.45) is 0 Å². The minimum Gasteiger partial charge on any atom is -0.490 e. The van der Waals surface area contributed by atoms with Crippen molar-refractivity contribution >= 4 is 23.2 Å². The minimum absolute atomic E-state index is 0.0273. The molecule has 136 valence electrons. The molecule has 0 radical (unpaired) electrons. The van der Waals surface area contributed by atoms with E-state index in [0.717, 1.165) is 30.2 Å². The lowest BCUT2D eigenvalue weighted by atomic mass is 10.1. The molecule has 0 unspecified atom stereocenters. The number of anilines is 1. The average molecular weight is 373 g/mol. The fourth-order valence-corrected chi connectivity index (χ4v) is 3.59. The van der Waals surface area contributed by atoms with Crippen LogP contribution in [0.25, 0.3) is 0 Å². The first-order chi connectivity index (χ1) is 12.7. The van der Waals surface area contributed by atoms with E-state index >= 15 is 0 Å². The van der Waals surface area contributed by atoms with Crippen LogP contribution >= 0.6 is 11.6 Å². The van der Waals surface area contributed by atoms with Gasteiger partial charge in [0.05, 0.1) is 23.9 Å². The summed E-state index contributed by atoms with van der Waals surface area (Å²) in [4.78, 5) is 17.0. The highest BCUT2D eigenvalue weighted by Crippen LogP contribution is 2.31. The lowest BCUT2D eigenvalue weighted by molar-refractivity contribution is 0.0746. The number of benzene rings is 2. The van der Waals surface area contributed by atoms with Gasteiger partial charge in [-0.15, -0.1) is 0 Å². The zero-order chi connectivity index (χ0) is 17.9. The van der Waals surface area contributed by atoms with Crippen LogP contribution in [0, 0.1) is 0 Å². The van der Waals surface area contributed by atoms with Crippen LogP contribution in [0.3, 0.4) is 0 Å². The summed E-state index contributed by atoms with van der Waals surface area (Å²) in [5.74, 6) is 1.39. The monoisotopic (exact) mass is 372 g/mol. The highest BCUT2D eigenvalue weighted by atomic mass is 35.5. The zero-order valence-corrected chi connectivity index (χ0v) is 15.2. The van der Waals surface area contributed by atoms with E-state index in [4.69, 9.17) is 21.1 Å². The van der Waals surface area contributed by atoms with E-state index in [0.29, 0.717) is 43.4 Å². The predicted octanol–water partition coefficient (Wildman–Crippen LogP) is 3.46. The number of fused-ring (bicyclic) bond motifs is 1. The molecule has 2 heterocycles. The number of piperazine rings is 1. The van der Waals surface area contributed by atoms with Crippen LogP contribution in [-0.4, -0.2) is 50.2 Å². The Morgan fingerprint density at radius 1 is 0.923 bits per heavy atom. The molecule has 0 saturated carbocycles. The Bertz CT molecular complexity index is 803. The number of carbonyl (C=O) groups is 1. The summed E-state index contributed by atoms with van der Waals surface area (Å²) >= 11 is 6.29. The Balaban J connectivity index is 1.44. The molecule has 2 aliphatic rings. The van der Waals surface area contributed by atoms with Gasteiger partial charge in [-0.25, -0.2) is 0 Å². The molecule has 0 N–H and O–H groups in total. The molecular weight excluding hydrogens is 352 g/mol. The van der Waals surface area contributed by atoms with Crippen LogP contribution in [0.2, 0.25) is 5.02 Å². The molecule has 0 spiro atoms. The normalized spacial score (nSPS) is 17.0. The Morgan fingerprint density at radius 3 is 2.42 bits per heavy atom. The van der Waals surface area contributed by atoms with Gasteiger partial charge in [-0.2, -0.15) is 0 Å². The van der Waals surface area contributed by atoms with E-state index in [1.165, 1.54) is 0 Å². The fourth-order valence-electron chi connectivity index (χ4n) is 3.34. The van der Waals surface area contributed by atoms with Gasteiger partial charge in [0.15, 0.2) is 11.5 Å². The van der Waals surface area contributed by atoms with Crippen LogP contribution in [-0.2, 0) is 0 Å². The van der Waals surface area contributed by atoms with Gasteiger partial charge >= 0.3 is 0 Å². The van der Waals surface area contributed by atoms with Crippen LogP contribution in [0.1, 0.15) is 16.8 Å². The third-order valence-electron chi connectivity index (χ3n) is 4.75. The number of nitrogens with zero attached hydrogens (tertiary/aromatic N) is 2. The van der Waals surface area contributed by atoms with Gasteiger partial charge < -0.3 is 19.3 Å². The molecule has 1 fully saturated rings. The minimum atomic E-state index is 0.0273. The number of rotatable bonds is 2. The third-order valence-corrected chi connectivity index (χ3v) is 5.07. The van der Waals surface area contributed by atoms with Crippen molar-refractivity contribution in [1.29, 1.82) is 0 Å². The number of ether oxygens (including phenoxy) is 2. The molecule has 1 saturated heterocycles. The first kappa shape index (κ1) is 17.0. The third kappa shape index (κ3) is 3.44. The second kappa shape index (κ2) is 7.46. The van der Waals surface area contributed by atoms with E-state index in [2.05, 4.69) is 4.90 Å². The second-order valence-corrected chi connectivity index (χ2v) is 6.85. The topological polar surface area (TPSA) is 42.0 Å². The molecule has 0 bridgehead atoms. The van der Waals surface area contributed by atoms with Crippen molar-refractivity contribution < 1.29 is 14.3 Å². The summed E-state index contributed by atoms with van der Waals surface area (Å²) < 4.78 is 11.3. The lowest BCUT2D eigenvalue weighted by Crippen LogP contribution is -2.48. The van der Waals surface area contributed by atoms with Crippen molar-refractivity contribution in [3.05, 3.63) is 53.1 Å². The van der Waals surface area contributed by atoms with Crippen LogP contribution < -0.4 is 14.4 Å². The number of halogens is 1. The smallest absolute Gasteiger partial charge is 0.254 e. The molecule has 1 amide bonds. The number of amides is 1. The summed E-state index contributed by atoms with van der Waals surface area (Å²) in [6.07, 6.45) is 0.849. The summed E-state index contributed by atoms with van der Waals surface area (Å²) in [5, 5.41) is 0.746. The summed E-state index contributed by atoms with van der Waals surface area (Å²) in [5.41, 5.74) is 1.66. The van der Waals surface area contributed by atoms with E-state index in [1.807, 2.05) is 41.3 Å². The zero-order valence-electron chi connectivity index (χ0n) is 14.5. The summed E-state index contributed by atoms with van der Waals surface area (Å²) in [6.45, 7) is 4.11. The van der Waals surface area contributed by atoms with Crippen molar-refractivity contribution in [2.75, 3.05) is 44.3 Å². The largest absolute Gasteiger partial charge is 0.490 e. The fraction of sp³-hybridized carbons (Fsp3) is 0.350. The standard InChI is InChI=1S/C20H21ClN2O3/c21-16-4-1-2-5-17(16)22-8-10-23(11-9-22)20(24)15-6-7-18-19(14-15)26-13-3-12-25-18/h1-2,4-7,14H,3,8-13H2. The maximum absolute atomic E-state index is 12.9. The van der Waals surface area contributed by atoms with Crippen molar-refractivity contribution in [2.45, 2.75) is 6.42 Å². The van der Waals surface area contributed by atoms with Crippen molar-refractivity contribution in [3.63, 3.8) is 0 Å². The average Bonchev–Trinajstić information content (AvgIpc) is 2.93. The van der Waals surface area contributed by atoms with Gasteiger partial charge in [0, 0.05) is 38.2 Å². The van der Waals surface area contributed by atoms with Crippen LogP contribution in [0.15, 0.2) is 42.5 Å². The molecule has 4 rings (SSSR count). The molecule has 0 aromatic heterocycles. The van der Waals surface area contributed by atoms with Crippen LogP contribution in [0.5, 0.6) is 11.5 Å². The maximum atomic E-state index is 12.9. The van der Waals surface area contributed by atoms with Crippen LogP contribution in [0.4, 0.5) is 5.69 Å². The van der Waals surface area contributed by atoms with E-state index in [-0.39, 0.29) is 5.91 Å². The quantitative estimate of drug-likeness (QED) is 0.809. The summed E-state index contributed by atoms with van der Waals surface area (Å²) in [6, 6.07) is 13.3. The highest BCUT2D eigenvalue weighted by Gasteiger charge is 2.24. The SMILES string of the molecule is O=C(c1ccc2c(c1)OCCCO2)N1CCN(c2ccccc2Cl)CC1. The second-order valence-electron chi connectivity index (χ2n) is 6.44. The lowest BCUT2D eigenvalue weighted by Gasteiger charge is -2.36. The Hall–Kier alpha value is -2.40. The maximum Gasteiger partial charge on any atom is 0.254 e. The predicted molar refractivity (Wildman–Crippen MR) is 102 cm³/mol. The number of carbonyl (C=O) groups excluding carboxylic acids is 1. The molecule has 26 heavy (non-hydrogen) atoms. The van der Waals surface area contributed by atoms with Crippen molar-refractivity contribution in [3.8, 4) is 11.5 Å². The highest BCUT2D eigenvalue weighted by molar-refractivity contribution is 6.33. The van der Waals surface area contributed by atoms with E-state index in [9.17, 15) is 4.79 Å². The van der Waals surface area contributed by atoms with Gasteiger partial charge in [0.2, 0.25) is 0 Å². The first-order valence-electron chi connectivity index (χ1n) is 8.91. The number of hydrogen-bond acceptors (Lipinski definition) is 4. The number of hydrogen-bond donors (Lipinski definition) is 0. The molecule has 2 aromatic carbocycles. The number of para-hydroxylation sites is 1. The molecule has 2 aromatic rings. The van der Waals surface area contributed by atoms with E-state index < -0.39 is 0 Å². The Labute approximate surface area is 158 Å². The first-order valence-corrected chi connectivity index (χ1v) is 9.28. The molecular formula is C20H21ClN2O3. The van der Waals surface area contributed by atoms with Gasteiger partial charge in [0.1, 0.15) is 0 Å². The van der Waals surface area contributed by atoms with Gasteiger partial charge in [-0.1, -0.05) is 23.7 Å². The molecule has 6 heteroatoms. The van der Waals surface area contributed by atoms with Gasteiger partial charge in [0.25, 0.3) is 5.91 Å². The van der Waals surface area contributed by atoms with Gasteiger partial charge in [-0.05, 0) is 30.3 Å². The van der Waals surface area contributed by atoms with Crippen molar-refractivity contribution in [1.82, 2.24) is 4.90 Å². The Morgan fingerprint density at radius 2 is 1.65 bits per heavy atom. The molecule has 5 nitrogen and oxygen atoms in total. The molecule has 0 atom stereocenters. The Kier molecular flexibility index (Phi) is 4.89.